The first-order valence-corrected chi connectivity index (χ1v) is 8.51. The summed E-state index contributed by atoms with van der Waals surface area (Å²) >= 11 is 0. The number of benzene rings is 1. The highest BCUT2D eigenvalue weighted by Gasteiger charge is 2.26. The Balaban J connectivity index is 2.06. The van der Waals surface area contributed by atoms with Crippen LogP contribution in [0.15, 0.2) is 18.2 Å². The highest BCUT2D eigenvalue weighted by Crippen LogP contribution is 2.28. The van der Waals surface area contributed by atoms with Crippen LogP contribution in [-0.4, -0.2) is 37.1 Å². The van der Waals surface area contributed by atoms with E-state index in [0.717, 1.165) is 25.9 Å². The van der Waals surface area contributed by atoms with Gasteiger partial charge in [-0.25, -0.2) is 0 Å². The van der Waals surface area contributed by atoms with E-state index in [1.165, 1.54) is 49.5 Å². The van der Waals surface area contributed by atoms with Crippen molar-refractivity contribution < 1.29 is 19.4 Å². The lowest BCUT2D eigenvalue weighted by atomic mass is 10.1. The molecule has 0 unspecified atom stereocenters. The van der Waals surface area contributed by atoms with Crippen molar-refractivity contribution in [2.75, 3.05) is 25.5 Å². The molecular formula is C17H26N3O4+. The number of hydrogen-bond acceptors (Lipinski definition) is 4. The van der Waals surface area contributed by atoms with Gasteiger partial charge in [0.1, 0.15) is 5.75 Å². The first kappa shape index (κ1) is 18.2. The number of carbonyl (C=O) groups is 1. The summed E-state index contributed by atoms with van der Waals surface area (Å²) in [5.74, 6) is 0.213. The zero-order chi connectivity index (χ0) is 17.5. The number of rotatable bonds is 5. The highest BCUT2D eigenvalue weighted by atomic mass is 16.6. The van der Waals surface area contributed by atoms with E-state index >= 15 is 0 Å². The lowest BCUT2D eigenvalue weighted by molar-refractivity contribution is -0.914. The van der Waals surface area contributed by atoms with Gasteiger partial charge in [0.05, 0.1) is 36.9 Å². The van der Waals surface area contributed by atoms with E-state index in [9.17, 15) is 14.9 Å². The van der Waals surface area contributed by atoms with Crippen LogP contribution >= 0.6 is 0 Å². The van der Waals surface area contributed by atoms with Crippen molar-refractivity contribution in [3.8, 4) is 5.75 Å². The summed E-state index contributed by atoms with van der Waals surface area (Å²) in [6.07, 6.45) is 6.04. The molecule has 0 spiro atoms. The number of nitro benzene ring substituents is 1. The van der Waals surface area contributed by atoms with Crippen LogP contribution in [0.4, 0.5) is 11.4 Å². The maximum absolute atomic E-state index is 12.6. The molecule has 2 rings (SSSR count). The largest absolute Gasteiger partial charge is 0.494 e. The van der Waals surface area contributed by atoms with Gasteiger partial charge in [0.25, 0.3) is 11.6 Å². The van der Waals surface area contributed by atoms with Gasteiger partial charge in [-0.1, -0.05) is 6.42 Å². The van der Waals surface area contributed by atoms with Crippen LogP contribution in [0.25, 0.3) is 0 Å². The van der Waals surface area contributed by atoms with Crippen molar-refractivity contribution in [1.29, 1.82) is 0 Å². The SMILES string of the molecule is COc1cc([N+](=O)[O-])ccc1NC(=O)[C@@H](C)[NH+]1CCCCCCC1. The van der Waals surface area contributed by atoms with E-state index in [2.05, 4.69) is 5.32 Å². The monoisotopic (exact) mass is 336 g/mol. The first-order chi connectivity index (χ1) is 11.5. The zero-order valence-corrected chi connectivity index (χ0v) is 14.3. The normalized spacial score (nSPS) is 17.4. The van der Waals surface area contributed by atoms with Gasteiger partial charge in [0.2, 0.25) is 0 Å². The van der Waals surface area contributed by atoms with Crippen LogP contribution in [0.1, 0.15) is 39.0 Å². The highest BCUT2D eigenvalue weighted by molar-refractivity contribution is 5.95. The number of nitro groups is 1. The molecule has 0 radical (unpaired) electrons. The number of anilines is 1. The number of amides is 1. The average molecular weight is 336 g/mol. The van der Waals surface area contributed by atoms with Gasteiger partial charge in [-0.3, -0.25) is 14.9 Å². The Morgan fingerprint density at radius 2 is 1.88 bits per heavy atom. The maximum atomic E-state index is 12.6. The fourth-order valence-electron chi connectivity index (χ4n) is 3.12. The van der Waals surface area contributed by atoms with Crippen LogP contribution in [0.5, 0.6) is 5.75 Å². The number of hydrogen-bond donors (Lipinski definition) is 2. The Hall–Kier alpha value is -2.15. The van der Waals surface area contributed by atoms with Crippen LogP contribution in [0.2, 0.25) is 0 Å². The summed E-state index contributed by atoms with van der Waals surface area (Å²) in [5.41, 5.74) is 0.402. The predicted octanol–water partition coefficient (Wildman–Crippen LogP) is 1.78. The smallest absolute Gasteiger partial charge is 0.282 e. The third-order valence-electron chi connectivity index (χ3n) is 4.66. The summed E-state index contributed by atoms with van der Waals surface area (Å²) in [4.78, 5) is 24.2. The fraction of sp³-hybridized carbons (Fsp3) is 0.588. The van der Waals surface area contributed by atoms with Crippen LogP contribution < -0.4 is 15.0 Å². The van der Waals surface area contributed by atoms with Crippen molar-refractivity contribution in [3.63, 3.8) is 0 Å². The number of quaternary nitrogens is 1. The number of methoxy groups -OCH3 is 1. The van der Waals surface area contributed by atoms with E-state index in [1.54, 1.807) is 0 Å². The molecule has 24 heavy (non-hydrogen) atoms. The van der Waals surface area contributed by atoms with Gasteiger partial charge in [-0.2, -0.15) is 0 Å². The molecule has 2 N–H and O–H groups in total. The minimum absolute atomic E-state index is 0.0627. The zero-order valence-electron chi connectivity index (χ0n) is 14.3. The molecule has 7 nitrogen and oxygen atoms in total. The second-order valence-electron chi connectivity index (χ2n) is 6.28. The van der Waals surface area contributed by atoms with Crippen molar-refractivity contribution in [2.45, 2.75) is 45.1 Å². The molecule has 1 aliphatic heterocycles. The summed E-state index contributed by atoms with van der Waals surface area (Å²) in [6, 6.07) is 4.04. The Morgan fingerprint density at radius 1 is 1.25 bits per heavy atom. The van der Waals surface area contributed by atoms with Crippen molar-refractivity contribution in [2.24, 2.45) is 0 Å². The van der Waals surface area contributed by atoms with Gasteiger partial charge >= 0.3 is 0 Å². The molecule has 1 heterocycles. The topological polar surface area (TPSA) is 85.9 Å². The molecule has 0 aromatic heterocycles. The van der Waals surface area contributed by atoms with E-state index in [0.29, 0.717) is 11.4 Å². The molecule has 132 valence electrons. The van der Waals surface area contributed by atoms with Gasteiger partial charge in [0, 0.05) is 6.07 Å². The third kappa shape index (κ3) is 4.67. The van der Waals surface area contributed by atoms with E-state index in [-0.39, 0.29) is 17.6 Å². The van der Waals surface area contributed by atoms with Crippen molar-refractivity contribution >= 4 is 17.3 Å². The second-order valence-corrected chi connectivity index (χ2v) is 6.28. The van der Waals surface area contributed by atoms with Crippen LogP contribution in [-0.2, 0) is 4.79 Å². The van der Waals surface area contributed by atoms with E-state index in [4.69, 9.17) is 4.74 Å². The number of ether oxygens (including phenoxy) is 1. The quantitative estimate of drug-likeness (QED) is 0.634. The number of likely N-dealkylation sites (tertiary alicyclic amines) is 1. The average Bonchev–Trinajstić information content (AvgIpc) is 2.54. The Labute approximate surface area is 142 Å². The van der Waals surface area contributed by atoms with Crippen LogP contribution in [0, 0.1) is 10.1 Å². The van der Waals surface area contributed by atoms with Gasteiger partial charge in [0.15, 0.2) is 6.04 Å². The molecule has 1 aliphatic rings. The van der Waals surface area contributed by atoms with Crippen LogP contribution in [0.3, 0.4) is 0 Å². The molecule has 1 saturated heterocycles. The molecule has 7 heteroatoms. The lowest BCUT2D eigenvalue weighted by Crippen LogP contribution is -3.16. The Kier molecular flexibility index (Phi) is 6.54. The second kappa shape index (κ2) is 8.63. The molecule has 1 aromatic carbocycles. The molecule has 0 saturated carbocycles. The number of carbonyl (C=O) groups excluding carboxylic acids is 1. The van der Waals surface area contributed by atoms with E-state index < -0.39 is 4.92 Å². The number of nitrogens with zero attached hydrogens (tertiary/aromatic N) is 1. The third-order valence-corrected chi connectivity index (χ3v) is 4.66. The predicted molar refractivity (Wildman–Crippen MR) is 91.5 cm³/mol. The van der Waals surface area contributed by atoms with Gasteiger partial charge in [-0.05, 0) is 38.7 Å². The molecule has 1 fully saturated rings. The molecular weight excluding hydrogens is 310 g/mol. The standard InChI is InChI=1S/C17H25N3O4/c1-13(19-10-6-4-3-5-7-11-19)17(21)18-15-9-8-14(20(22)23)12-16(15)24-2/h8-9,12-13H,3-7,10-11H2,1-2H3,(H,18,21)/p+1/t13-/m1/s1. The molecule has 0 bridgehead atoms. The first-order valence-electron chi connectivity index (χ1n) is 8.51. The maximum Gasteiger partial charge on any atom is 0.282 e. The molecule has 1 atom stereocenters. The van der Waals surface area contributed by atoms with Gasteiger partial charge in [-0.15, -0.1) is 0 Å². The summed E-state index contributed by atoms with van der Waals surface area (Å²) < 4.78 is 5.17. The molecule has 1 aromatic rings. The lowest BCUT2D eigenvalue weighted by Gasteiger charge is -2.27. The summed E-state index contributed by atoms with van der Waals surface area (Å²) in [5, 5.41) is 13.7. The number of nitrogens with one attached hydrogen (secondary N) is 2. The number of non-ortho nitro benzene ring substituents is 1. The summed E-state index contributed by atoms with van der Waals surface area (Å²) in [6.45, 7) is 3.95. The summed E-state index contributed by atoms with van der Waals surface area (Å²) in [7, 11) is 1.43. The fourth-order valence-corrected chi connectivity index (χ4v) is 3.12. The minimum Gasteiger partial charge on any atom is -0.494 e. The minimum atomic E-state index is -0.485. The van der Waals surface area contributed by atoms with Crippen molar-refractivity contribution in [1.82, 2.24) is 0 Å². The molecule has 0 aliphatic carbocycles. The Morgan fingerprint density at radius 3 is 2.46 bits per heavy atom. The van der Waals surface area contributed by atoms with E-state index in [1.807, 2.05) is 6.92 Å². The van der Waals surface area contributed by atoms with Gasteiger partial charge < -0.3 is 15.0 Å². The Bertz CT molecular complexity index is 583. The van der Waals surface area contributed by atoms with Crippen molar-refractivity contribution in [3.05, 3.63) is 28.3 Å². The molecule has 1 amide bonds.